The van der Waals surface area contributed by atoms with Crippen LogP contribution in [0.2, 0.25) is 0 Å². The molecule has 1 amide bonds. The maximum absolute atomic E-state index is 12.7. The number of carbonyl (C=O) groups is 1. The quantitative estimate of drug-likeness (QED) is 0.535. The fraction of sp³-hybridized carbons (Fsp3) is 0.250. The number of carbonyl (C=O) groups excluding carboxylic acids is 1. The highest BCUT2D eigenvalue weighted by atomic mass is 16.5. The number of methoxy groups -OCH3 is 2. The van der Waals surface area contributed by atoms with E-state index in [2.05, 4.69) is 25.3 Å². The average molecular weight is 405 g/mol. The third kappa shape index (κ3) is 2.68. The predicted molar refractivity (Wildman–Crippen MR) is 108 cm³/mol. The Morgan fingerprint density at radius 1 is 1.17 bits per heavy atom. The molecule has 2 N–H and O–H groups in total. The van der Waals surface area contributed by atoms with Crippen LogP contribution in [0.25, 0.3) is 17.0 Å². The second-order valence-electron chi connectivity index (χ2n) is 6.97. The van der Waals surface area contributed by atoms with E-state index in [0.717, 1.165) is 16.8 Å². The van der Waals surface area contributed by atoms with Gasteiger partial charge in [-0.05, 0) is 13.0 Å². The minimum Gasteiger partial charge on any atom is -0.497 e. The zero-order valence-electron chi connectivity index (χ0n) is 16.6. The van der Waals surface area contributed by atoms with E-state index in [-0.39, 0.29) is 18.2 Å². The van der Waals surface area contributed by atoms with Crippen LogP contribution in [0.4, 0.5) is 5.82 Å². The van der Waals surface area contributed by atoms with Crippen LogP contribution in [0, 0.1) is 6.92 Å². The van der Waals surface area contributed by atoms with Gasteiger partial charge in [0.05, 0.1) is 26.2 Å². The van der Waals surface area contributed by atoms with E-state index in [0.29, 0.717) is 34.3 Å². The van der Waals surface area contributed by atoms with Crippen LogP contribution in [-0.4, -0.2) is 49.8 Å². The first-order valence-corrected chi connectivity index (χ1v) is 9.36. The van der Waals surface area contributed by atoms with Crippen molar-refractivity contribution in [2.75, 3.05) is 19.5 Å². The standard InChI is InChI=1S/C20H19N7O3/c1-10-16-13(12-5-4-11(29-2)6-14(12)30-3)7-15(28)25-19(16)27(26-10)20-17-18(22-8-21-17)23-9-24-20/h4-6,8-9,13H,7H2,1-3H3,(H,25,28)(H,21,22,23,24)/t13-/m1/s1. The number of hydrogen-bond donors (Lipinski definition) is 2. The molecule has 0 radical (unpaired) electrons. The fourth-order valence-electron chi connectivity index (χ4n) is 3.99. The first-order valence-electron chi connectivity index (χ1n) is 9.36. The molecule has 10 heteroatoms. The van der Waals surface area contributed by atoms with Crippen molar-refractivity contribution in [2.45, 2.75) is 19.3 Å². The van der Waals surface area contributed by atoms with Gasteiger partial charge in [0.15, 0.2) is 11.5 Å². The van der Waals surface area contributed by atoms with Crippen LogP contribution in [0.15, 0.2) is 30.9 Å². The molecule has 0 unspecified atom stereocenters. The van der Waals surface area contributed by atoms with Crippen molar-refractivity contribution < 1.29 is 14.3 Å². The minimum absolute atomic E-state index is 0.110. The van der Waals surface area contributed by atoms with Gasteiger partial charge in [-0.1, -0.05) is 6.07 Å². The van der Waals surface area contributed by atoms with Crippen molar-refractivity contribution in [3.63, 3.8) is 0 Å². The molecular weight excluding hydrogens is 386 g/mol. The van der Waals surface area contributed by atoms with Crippen molar-refractivity contribution in [1.82, 2.24) is 29.7 Å². The molecule has 4 aromatic rings. The van der Waals surface area contributed by atoms with Gasteiger partial charge in [0.2, 0.25) is 5.91 Å². The van der Waals surface area contributed by atoms with Crippen LogP contribution in [0.1, 0.15) is 29.2 Å². The molecule has 152 valence electrons. The van der Waals surface area contributed by atoms with Crippen molar-refractivity contribution in [1.29, 1.82) is 0 Å². The minimum atomic E-state index is -0.220. The smallest absolute Gasteiger partial charge is 0.226 e. The van der Waals surface area contributed by atoms with Gasteiger partial charge in [-0.2, -0.15) is 9.78 Å². The van der Waals surface area contributed by atoms with Crippen LogP contribution >= 0.6 is 0 Å². The van der Waals surface area contributed by atoms with Crippen LogP contribution in [0.3, 0.4) is 0 Å². The molecule has 1 aliphatic heterocycles. The number of aromatic nitrogens is 6. The lowest BCUT2D eigenvalue weighted by Crippen LogP contribution is -2.25. The molecule has 1 aliphatic rings. The topological polar surface area (TPSA) is 120 Å². The summed E-state index contributed by atoms with van der Waals surface area (Å²) in [5.41, 5.74) is 3.77. The second kappa shape index (κ2) is 6.83. The Morgan fingerprint density at radius 3 is 2.83 bits per heavy atom. The first kappa shape index (κ1) is 18.1. The summed E-state index contributed by atoms with van der Waals surface area (Å²) in [6.07, 6.45) is 3.26. The van der Waals surface area contributed by atoms with Gasteiger partial charge in [-0.15, -0.1) is 0 Å². The number of amides is 1. The average Bonchev–Trinajstić information content (AvgIpc) is 3.37. The second-order valence-corrected chi connectivity index (χ2v) is 6.97. The Balaban J connectivity index is 1.71. The molecule has 4 heterocycles. The summed E-state index contributed by atoms with van der Waals surface area (Å²) < 4.78 is 12.5. The van der Waals surface area contributed by atoms with Crippen molar-refractivity contribution in [3.05, 3.63) is 47.7 Å². The molecule has 0 bridgehead atoms. The van der Waals surface area contributed by atoms with E-state index >= 15 is 0 Å². The van der Waals surface area contributed by atoms with Gasteiger partial charge in [-0.3, -0.25) is 4.79 Å². The normalized spacial score (nSPS) is 15.7. The van der Waals surface area contributed by atoms with Gasteiger partial charge < -0.3 is 19.8 Å². The number of nitrogens with one attached hydrogen (secondary N) is 2. The third-order valence-electron chi connectivity index (χ3n) is 5.32. The zero-order chi connectivity index (χ0) is 20.8. The monoisotopic (exact) mass is 405 g/mol. The number of fused-ring (bicyclic) bond motifs is 2. The van der Waals surface area contributed by atoms with E-state index in [9.17, 15) is 4.79 Å². The lowest BCUT2D eigenvalue weighted by Gasteiger charge is -2.25. The summed E-state index contributed by atoms with van der Waals surface area (Å²) >= 11 is 0. The van der Waals surface area contributed by atoms with Gasteiger partial charge in [0.25, 0.3) is 0 Å². The van der Waals surface area contributed by atoms with Crippen molar-refractivity contribution in [2.24, 2.45) is 0 Å². The molecule has 0 fully saturated rings. The molecule has 10 nitrogen and oxygen atoms in total. The molecule has 5 rings (SSSR count). The molecule has 0 saturated carbocycles. The molecule has 1 atom stereocenters. The Kier molecular flexibility index (Phi) is 4.12. The summed E-state index contributed by atoms with van der Waals surface area (Å²) in [5, 5.41) is 7.66. The highest BCUT2D eigenvalue weighted by molar-refractivity contribution is 5.95. The number of rotatable bonds is 4. The van der Waals surface area contributed by atoms with E-state index in [4.69, 9.17) is 14.6 Å². The van der Waals surface area contributed by atoms with E-state index in [1.165, 1.54) is 6.33 Å². The highest BCUT2D eigenvalue weighted by Crippen LogP contribution is 2.44. The Labute approximate surface area is 171 Å². The predicted octanol–water partition coefficient (Wildman–Crippen LogP) is 2.34. The maximum atomic E-state index is 12.7. The Hall–Kier alpha value is -3.95. The number of nitrogens with zero attached hydrogens (tertiary/aromatic N) is 5. The number of hydrogen-bond acceptors (Lipinski definition) is 7. The Bertz CT molecular complexity index is 1280. The largest absolute Gasteiger partial charge is 0.497 e. The van der Waals surface area contributed by atoms with Crippen LogP contribution in [0.5, 0.6) is 11.5 Å². The lowest BCUT2D eigenvalue weighted by molar-refractivity contribution is -0.116. The number of benzene rings is 1. The molecule has 1 aromatic carbocycles. The number of anilines is 1. The van der Waals surface area contributed by atoms with Crippen LogP contribution in [-0.2, 0) is 4.79 Å². The molecule has 30 heavy (non-hydrogen) atoms. The molecule has 3 aromatic heterocycles. The van der Waals surface area contributed by atoms with E-state index in [1.807, 2.05) is 25.1 Å². The van der Waals surface area contributed by atoms with Crippen LogP contribution < -0.4 is 14.8 Å². The number of imidazole rings is 1. The summed E-state index contributed by atoms with van der Waals surface area (Å²) in [7, 11) is 3.21. The molecule has 0 saturated heterocycles. The van der Waals surface area contributed by atoms with E-state index in [1.54, 1.807) is 25.2 Å². The van der Waals surface area contributed by atoms with Gasteiger partial charge in [-0.25, -0.2) is 15.0 Å². The summed E-state index contributed by atoms with van der Waals surface area (Å²) in [6.45, 7) is 1.92. The maximum Gasteiger partial charge on any atom is 0.226 e. The third-order valence-corrected chi connectivity index (χ3v) is 5.32. The molecule has 0 spiro atoms. The van der Waals surface area contributed by atoms with Crippen molar-refractivity contribution >= 4 is 22.9 Å². The zero-order valence-corrected chi connectivity index (χ0v) is 16.6. The van der Waals surface area contributed by atoms with Gasteiger partial charge >= 0.3 is 0 Å². The lowest BCUT2D eigenvalue weighted by atomic mass is 9.85. The number of aromatic amines is 1. The number of H-pyrrole nitrogens is 1. The summed E-state index contributed by atoms with van der Waals surface area (Å²) in [4.78, 5) is 28.4. The van der Waals surface area contributed by atoms with Gasteiger partial charge in [0.1, 0.15) is 29.2 Å². The fourth-order valence-corrected chi connectivity index (χ4v) is 3.99. The Morgan fingerprint density at radius 2 is 2.03 bits per heavy atom. The van der Waals surface area contributed by atoms with Gasteiger partial charge in [0, 0.05) is 29.5 Å². The highest BCUT2D eigenvalue weighted by Gasteiger charge is 2.35. The molecular formula is C20H19N7O3. The van der Waals surface area contributed by atoms with Crippen molar-refractivity contribution in [3.8, 4) is 17.3 Å². The number of aryl methyl sites for hydroxylation is 1. The number of ether oxygens (including phenoxy) is 2. The summed E-state index contributed by atoms with van der Waals surface area (Å²) in [5.74, 6) is 2.12. The first-order chi connectivity index (χ1) is 14.6. The van der Waals surface area contributed by atoms with E-state index < -0.39 is 0 Å². The molecule has 0 aliphatic carbocycles. The summed E-state index contributed by atoms with van der Waals surface area (Å²) in [6, 6.07) is 5.61. The SMILES string of the molecule is COc1ccc([C@H]2CC(=O)Nc3c2c(C)nn3-c2ncnc3nc[nH]c23)c(OC)c1.